The number of nitrogens with one attached hydrogen (secondary N) is 1. The Morgan fingerprint density at radius 3 is 2.67 bits per heavy atom. The minimum absolute atomic E-state index is 0.223. The standard InChI is InChI=1S/C17H22N4O6/c1-9-2-4-10(5-3-9)8-20-16(25)15-19-6-7-21(15)17(26)13(23)11(22)12(27-17)14(18)24/h2-7,11-14,22-24,26H,8,18H2,1H3,(H,20,25)/t11-,12+,13-,14?,17-/m1/s1. The maximum absolute atomic E-state index is 12.5. The molecule has 2 heterocycles. The highest BCUT2D eigenvalue weighted by atomic mass is 16.7. The van der Waals surface area contributed by atoms with E-state index >= 15 is 0 Å². The third kappa shape index (κ3) is 3.58. The molecule has 5 atom stereocenters. The van der Waals surface area contributed by atoms with E-state index in [1.807, 2.05) is 31.2 Å². The van der Waals surface area contributed by atoms with Crippen molar-refractivity contribution in [2.75, 3.05) is 0 Å². The van der Waals surface area contributed by atoms with Crippen LogP contribution in [0, 0.1) is 6.92 Å². The van der Waals surface area contributed by atoms with Crippen molar-refractivity contribution >= 4 is 5.91 Å². The summed E-state index contributed by atoms with van der Waals surface area (Å²) >= 11 is 0. The van der Waals surface area contributed by atoms with Gasteiger partial charge in [0.25, 0.3) is 11.8 Å². The van der Waals surface area contributed by atoms with Gasteiger partial charge in [0.05, 0.1) is 0 Å². The number of aliphatic hydroxyl groups excluding tert-OH is 3. The molecule has 1 unspecified atom stereocenters. The van der Waals surface area contributed by atoms with E-state index in [1.165, 1.54) is 12.4 Å². The molecule has 27 heavy (non-hydrogen) atoms. The molecular formula is C17H22N4O6. The molecule has 1 aliphatic heterocycles. The average Bonchev–Trinajstić information content (AvgIpc) is 3.21. The van der Waals surface area contributed by atoms with E-state index in [2.05, 4.69) is 10.3 Å². The molecule has 10 nitrogen and oxygen atoms in total. The molecule has 0 aliphatic carbocycles. The van der Waals surface area contributed by atoms with E-state index < -0.39 is 36.4 Å². The predicted octanol–water partition coefficient (Wildman–Crippen LogP) is -1.88. The van der Waals surface area contributed by atoms with E-state index in [1.54, 1.807) is 0 Å². The van der Waals surface area contributed by atoms with Crippen molar-refractivity contribution in [3.63, 3.8) is 0 Å². The number of nitrogens with zero attached hydrogens (tertiary/aromatic N) is 2. The number of aryl methyl sites for hydroxylation is 1. The Balaban J connectivity index is 1.79. The Bertz CT molecular complexity index is 808. The van der Waals surface area contributed by atoms with Gasteiger partial charge in [-0.3, -0.25) is 9.36 Å². The molecule has 7 N–H and O–H groups in total. The summed E-state index contributed by atoms with van der Waals surface area (Å²) in [6.07, 6.45) is -4.18. The topological polar surface area (TPSA) is 163 Å². The number of ether oxygens (including phenoxy) is 1. The molecule has 0 radical (unpaired) electrons. The van der Waals surface area contributed by atoms with Gasteiger partial charge in [0, 0.05) is 18.9 Å². The lowest BCUT2D eigenvalue weighted by molar-refractivity contribution is -0.293. The van der Waals surface area contributed by atoms with Gasteiger partial charge in [0.15, 0.2) is 6.10 Å². The first-order valence-electron chi connectivity index (χ1n) is 8.31. The van der Waals surface area contributed by atoms with Crippen molar-refractivity contribution in [3.8, 4) is 0 Å². The summed E-state index contributed by atoms with van der Waals surface area (Å²) in [6, 6.07) is 7.55. The van der Waals surface area contributed by atoms with Crippen LogP contribution >= 0.6 is 0 Å². The van der Waals surface area contributed by atoms with Crippen LogP contribution in [0.5, 0.6) is 0 Å². The predicted molar refractivity (Wildman–Crippen MR) is 91.8 cm³/mol. The summed E-state index contributed by atoms with van der Waals surface area (Å²) in [5, 5.41) is 42.9. The van der Waals surface area contributed by atoms with Gasteiger partial charge >= 0.3 is 0 Å². The number of aromatic nitrogens is 2. The second-order valence-electron chi connectivity index (χ2n) is 6.46. The molecule has 3 rings (SSSR count). The summed E-state index contributed by atoms with van der Waals surface area (Å²) in [4.78, 5) is 16.4. The lowest BCUT2D eigenvalue weighted by atomic mass is 10.1. The fourth-order valence-electron chi connectivity index (χ4n) is 2.91. The number of aliphatic hydroxyl groups is 4. The van der Waals surface area contributed by atoms with Crippen LogP contribution in [0.25, 0.3) is 0 Å². The average molecular weight is 378 g/mol. The molecule has 1 fully saturated rings. The summed E-state index contributed by atoms with van der Waals surface area (Å²) < 4.78 is 6.05. The Hall–Kier alpha value is -2.34. The van der Waals surface area contributed by atoms with Gasteiger partial charge in [-0.25, -0.2) is 4.98 Å². The summed E-state index contributed by atoms with van der Waals surface area (Å²) in [7, 11) is 0. The summed E-state index contributed by atoms with van der Waals surface area (Å²) in [5.74, 6) is -3.39. The van der Waals surface area contributed by atoms with Crippen LogP contribution in [0.1, 0.15) is 21.7 Å². The highest BCUT2D eigenvalue weighted by molar-refractivity contribution is 5.90. The fraction of sp³-hybridized carbons (Fsp3) is 0.412. The normalized spacial score (nSPS) is 28.9. The molecule has 10 heteroatoms. The van der Waals surface area contributed by atoms with Crippen LogP contribution in [0.2, 0.25) is 0 Å². The van der Waals surface area contributed by atoms with Crippen molar-refractivity contribution in [2.45, 2.75) is 43.9 Å². The van der Waals surface area contributed by atoms with Gasteiger partial charge < -0.3 is 36.2 Å². The molecule has 1 amide bonds. The van der Waals surface area contributed by atoms with Crippen LogP contribution in [0.15, 0.2) is 36.7 Å². The molecule has 0 saturated carbocycles. The third-order valence-corrected chi connectivity index (χ3v) is 4.45. The smallest absolute Gasteiger partial charge is 0.287 e. The molecule has 0 bridgehead atoms. The van der Waals surface area contributed by atoms with Gasteiger partial charge in [0.2, 0.25) is 5.82 Å². The number of benzene rings is 1. The van der Waals surface area contributed by atoms with Crippen molar-refractivity contribution in [3.05, 3.63) is 53.6 Å². The van der Waals surface area contributed by atoms with Gasteiger partial charge in [-0.1, -0.05) is 29.8 Å². The number of carbonyl (C=O) groups is 1. The van der Waals surface area contributed by atoms with Crippen LogP contribution in [0.4, 0.5) is 0 Å². The Morgan fingerprint density at radius 2 is 2.07 bits per heavy atom. The molecule has 1 aromatic heterocycles. The first-order chi connectivity index (χ1) is 12.7. The lowest BCUT2D eigenvalue weighted by Crippen LogP contribution is -2.47. The molecule has 1 saturated heterocycles. The quantitative estimate of drug-likeness (QED) is 0.329. The van der Waals surface area contributed by atoms with Crippen LogP contribution in [0.3, 0.4) is 0 Å². The van der Waals surface area contributed by atoms with E-state index in [4.69, 9.17) is 10.5 Å². The van der Waals surface area contributed by atoms with Crippen molar-refractivity contribution in [2.24, 2.45) is 5.73 Å². The number of amides is 1. The molecule has 0 spiro atoms. The van der Waals surface area contributed by atoms with E-state index in [0.29, 0.717) is 0 Å². The van der Waals surface area contributed by atoms with Crippen LogP contribution < -0.4 is 11.1 Å². The van der Waals surface area contributed by atoms with Gasteiger partial charge in [-0.05, 0) is 12.5 Å². The zero-order valence-electron chi connectivity index (χ0n) is 14.6. The Kier molecular flexibility index (Phi) is 5.29. The largest absolute Gasteiger partial charge is 0.387 e. The maximum atomic E-state index is 12.5. The van der Waals surface area contributed by atoms with Crippen molar-refractivity contribution in [1.82, 2.24) is 14.9 Å². The number of hydrogen-bond acceptors (Lipinski definition) is 8. The zero-order valence-corrected chi connectivity index (χ0v) is 14.6. The van der Waals surface area contributed by atoms with Crippen molar-refractivity contribution in [1.29, 1.82) is 0 Å². The first-order valence-corrected chi connectivity index (χ1v) is 8.31. The van der Waals surface area contributed by atoms with Gasteiger partial charge in [-0.2, -0.15) is 0 Å². The monoisotopic (exact) mass is 378 g/mol. The van der Waals surface area contributed by atoms with E-state index in [9.17, 15) is 25.2 Å². The highest BCUT2D eigenvalue weighted by Gasteiger charge is 2.57. The van der Waals surface area contributed by atoms with Crippen LogP contribution in [-0.2, 0) is 17.2 Å². The minimum atomic E-state index is -2.52. The number of carbonyl (C=O) groups excluding carboxylic acids is 1. The third-order valence-electron chi connectivity index (χ3n) is 4.45. The molecule has 146 valence electrons. The summed E-state index contributed by atoms with van der Waals surface area (Å²) in [5.41, 5.74) is 7.24. The van der Waals surface area contributed by atoms with Gasteiger partial charge in [0.1, 0.15) is 18.4 Å². The zero-order chi connectivity index (χ0) is 19.8. The van der Waals surface area contributed by atoms with Crippen LogP contribution in [-0.4, -0.2) is 60.4 Å². The number of nitrogens with two attached hydrogens (primary N) is 1. The number of imidazole rings is 1. The molecule has 1 aromatic carbocycles. The maximum Gasteiger partial charge on any atom is 0.287 e. The fourth-order valence-corrected chi connectivity index (χ4v) is 2.91. The number of hydrogen-bond donors (Lipinski definition) is 6. The number of rotatable bonds is 5. The highest BCUT2D eigenvalue weighted by Crippen LogP contribution is 2.34. The second kappa shape index (κ2) is 7.35. The summed E-state index contributed by atoms with van der Waals surface area (Å²) in [6.45, 7) is 2.17. The van der Waals surface area contributed by atoms with E-state index in [-0.39, 0.29) is 12.4 Å². The Morgan fingerprint density at radius 1 is 1.41 bits per heavy atom. The van der Waals surface area contributed by atoms with Gasteiger partial charge in [-0.15, -0.1) is 0 Å². The SMILES string of the molecule is Cc1ccc(CNC(=O)c2nccn2[C@]2(O)O[C@H](C(N)O)[C@@H](O)[C@H]2O)cc1. The minimum Gasteiger partial charge on any atom is -0.387 e. The van der Waals surface area contributed by atoms with Crippen molar-refractivity contribution < 1.29 is 30.0 Å². The molecule has 1 aliphatic rings. The molecular weight excluding hydrogens is 356 g/mol. The van der Waals surface area contributed by atoms with E-state index in [0.717, 1.165) is 15.7 Å². The second-order valence-corrected chi connectivity index (χ2v) is 6.46. The lowest BCUT2D eigenvalue weighted by Gasteiger charge is -2.28. The molecule has 2 aromatic rings. The first kappa shape index (κ1) is 19.4. The Labute approximate surface area is 154 Å².